The van der Waals surface area contributed by atoms with E-state index in [1.807, 2.05) is 0 Å². The molecule has 0 saturated heterocycles. The zero-order valence-corrected chi connectivity index (χ0v) is 12.7. The number of carbonyl (C=O) groups is 2. The first-order valence-electron chi connectivity index (χ1n) is 6.50. The highest BCUT2D eigenvalue weighted by molar-refractivity contribution is 7.11. The van der Waals surface area contributed by atoms with E-state index in [-0.39, 0.29) is 5.69 Å². The van der Waals surface area contributed by atoms with Crippen LogP contribution in [0.2, 0.25) is 0 Å². The zero-order chi connectivity index (χ0) is 17.0. The van der Waals surface area contributed by atoms with E-state index in [2.05, 4.69) is 5.32 Å². The molecule has 1 unspecified atom stereocenters. The molecule has 2 aromatic rings. The van der Waals surface area contributed by atoms with Gasteiger partial charge in [0.2, 0.25) is 0 Å². The van der Waals surface area contributed by atoms with Crippen molar-refractivity contribution in [3.8, 4) is 0 Å². The summed E-state index contributed by atoms with van der Waals surface area (Å²) in [6.07, 6.45) is -5.83. The Morgan fingerprint density at radius 2 is 1.87 bits per heavy atom. The average Bonchev–Trinajstić information content (AvgIpc) is 3.00. The van der Waals surface area contributed by atoms with Crippen LogP contribution < -0.4 is 5.32 Å². The van der Waals surface area contributed by atoms with Crippen molar-refractivity contribution in [2.75, 3.05) is 5.32 Å². The van der Waals surface area contributed by atoms with Crippen LogP contribution in [0.3, 0.4) is 0 Å². The maximum Gasteiger partial charge on any atom is 0.418 e. The fraction of sp³-hybridized carbons (Fsp3) is 0.200. The van der Waals surface area contributed by atoms with Gasteiger partial charge in [-0.2, -0.15) is 13.2 Å². The number of esters is 1. The molecule has 1 aromatic heterocycles. The van der Waals surface area contributed by atoms with Crippen LogP contribution in [0, 0.1) is 0 Å². The van der Waals surface area contributed by atoms with Crippen LogP contribution in [-0.2, 0) is 15.7 Å². The smallest absolute Gasteiger partial charge is 0.418 e. The second-order valence-electron chi connectivity index (χ2n) is 4.56. The Morgan fingerprint density at radius 3 is 2.48 bits per heavy atom. The van der Waals surface area contributed by atoms with Crippen molar-refractivity contribution in [2.24, 2.45) is 0 Å². The number of hydrogen-bond donors (Lipinski definition) is 1. The van der Waals surface area contributed by atoms with E-state index in [0.717, 1.165) is 23.5 Å². The molecular formula is C15H12F3NO3S. The summed E-state index contributed by atoms with van der Waals surface area (Å²) in [5, 5.41) is 3.80. The van der Waals surface area contributed by atoms with E-state index in [0.29, 0.717) is 4.88 Å². The summed E-state index contributed by atoms with van der Waals surface area (Å²) in [6.45, 7) is 1.29. The molecule has 0 saturated carbocycles. The summed E-state index contributed by atoms with van der Waals surface area (Å²) >= 11 is 1.14. The van der Waals surface area contributed by atoms with Crippen molar-refractivity contribution in [3.05, 3.63) is 52.2 Å². The van der Waals surface area contributed by atoms with E-state index in [1.165, 1.54) is 25.1 Å². The van der Waals surface area contributed by atoms with E-state index >= 15 is 0 Å². The molecule has 0 spiro atoms. The Hall–Kier alpha value is -2.35. The lowest BCUT2D eigenvalue weighted by atomic mass is 10.1. The van der Waals surface area contributed by atoms with Crippen molar-refractivity contribution < 1.29 is 27.5 Å². The molecule has 0 aliphatic carbocycles. The Balaban J connectivity index is 2.06. The molecule has 1 amide bonds. The van der Waals surface area contributed by atoms with Crippen LogP contribution in [0.5, 0.6) is 0 Å². The number of thiophene rings is 1. The second-order valence-corrected chi connectivity index (χ2v) is 5.51. The average molecular weight is 343 g/mol. The molecule has 1 atom stereocenters. The minimum Gasteiger partial charge on any atom is -0.448 e. The van der Waals surface area contributed by atoms with Crippen LogP contribution in [-0.4, -0.2) is 18.0 Å². The highest BCUT2D eigenvalue weighted by atomic mass is 32.1. The molecule has 0 fully saturated rings. The predicted molar refractivity (Wildman–Crippen MR) is 79.3 cm³/mol. The van der Waals surface area contributed by atoms with E-state index in [1.54, 1.807) is 11.4 Å². The van der Waals surface area contributed by atoms with Gasteiger partial charge in [0.1, 0.15) is 4.88 Å². The number of anilines is 1. The molecule has 0 aliphatic rings. The number of benzene rings is 1. The summed E-state index contributed by atoms with van der Waals surface area (Å²) < 4.78 is 43.5. The van der Waals surface area contributed by atoms with Gasteiger partial charge in [0, 0.05) is 0 Å². The first kappa shape index (κ1) is 17.0. The largest absolute Gasteiger partial charge is 0.448 e. The van der Waals surface area contributed by atoms with Crippen LogP contribution in [0.15, 0.2) is 41.8 Å². The van der Waals surface area contributed by atoms with Gasteiger partial charge in [0.05, 0.1) is 11.3 Å². The number of alkyl halides is 3. The number of halogens is 3. The predicted octanol–water partition coefficient (Wildman–Crippen LogP) is 3.95. The standard InChI is InChI=1S/C15H12F3NO3S/c1-9(22-14(21)12-7-4-8-23-12)13(20)19-11-6-3-2-5-10(11)15(16,17)18/h2-9H,1H3,(H,19,20). The normalized spacial score (nSPS) is 12.5. The van der Waals surface area contributed by atoms with Crippen molar-refractivity contribution in [1.82, 2.24) is 0 Å². The number of ether oxygens (including phenoxy) is 1. The molecule has 8 heteroatoms. The lowest BCUT2D eigenvalue weighted by Crippen LogP contribution is -2.30. The Morgan fingerprint density at radius 1 is 1.17 bits per heavy atom. The summed E-state index contributed by atoms with van der Waals surface area (Å²) in [6, 6.07) is 7.75. The maximum absolute atomic E-state index is 12.9. The Labute approximate surface area is 133 Å². The van der Waals surface area contributed by atoms with Crippen LogP contribution >= 0.6 is 11.3 Å². The summed E-state index contributed by atoms with van der Waals surface area (Å²) in [4.78, 5) is 24.0. The number of hydrogen-bond acceptors (Lipinski definition) is 4. The Kier molecular flexibility index (Phi) is 5.05. The molecular weight excluding hydrogens is 331 g/mol. The zero-order valence-electron chi connectivity index (χ0n) is 11.9. The highest BCUT2D eigenvalue weighted by Gasteiger charge is 2.34. The quantitative estimate of drug-likeness (QED) is 0.855. The number of rotatable bonds is 4. The number of para-hydroxylation sites is 1. The van der Waals surface area contributed by atoms with Gasteiger partial charge in [-0.15, -0.1) is 11.3 Å². The molecule has 1 N–H and O–H groups in total. The first-order valence-corrected chi connectivity index (χ1v) is 7.38. The van der Waals surface area contributed by atoms with Gasteiger partial charge in [-0.1, -0.05) is 18.2 Å². The second kappa shape index (κ2) is 6.82. The Bertz CT molecular complexity index is 698. The van der Waals surface area contributed by atoms with Crippen LogP contribution in [0.4, 0.5) is 18.9 Å². The van der Waals surface area contributed by atoms with E-state index in [4.69, 9.17) is 4.74 Å². The lowest BCUT2D eigenvalue weighted by Gasteiger charge is -2.16. The van der Waals surface area contributed by atoms with Gasteiger partial charge >= 0.3 is 12.1 Å². The molecule has 1 heterocycles. The summed E-state index contributed by atoms with van der Waals surface area (Å²) in [7, 11) is 0. The first-order chi connectivity index (χ1) is 10.8. The van der Waals surface area contributed by atoms with Crippen molar-refractivity contribution in [3.63, 3.8) is 0 Å². The lowest BCUT2D eigenvalue weighted by molar-refractivity contribution is -0.137. The third kappa shape index (κ3) is 4.32. The van der Waals surface area contributed by atoms with E-state index in [9.17, 15) is 22.8 Å². The third-order valence-corrected chi connectivity index (χ3v) is 3.72. The number of amides is 1. The fourth-order valence-corrected chi connectivity index (χ4v) is 2.35. The SMILES string of the molecule is CC(OC(=O)c1cccs1)C(=O)Nc1ccccc1C(F)(F)F. The minimum atomic E-state index is -4.60. The summed E-state index contributed by atoms with van der Waals surface area (Å²) in [5.41, 5.74) is -1.35. The van der Waals surface area contributed by atoms with Gasteiger partial charge < -0.3 is 10.1 Å². The van der Waals surface area contributed by atoms with E-state index < -0.39 is 29.7 Å². The molecule has 122 valence electrons. The minimum absolute atomic E-state index is 0.306. The van der Waals surface area contributed by atoms with Crippen LogP contribution in [0.1, 0.15) is 22.2 Å². The molecule has 0 aliphatic heterocycles. The number of carbonyl (C=O) groups excluding carboxylic acids is 2. The topological polar surface area (TPSA) is 55.4 Å². The van der Waals surface area contributed by atoms with Gasteiger partial charge in [0.15, 0.2) is 6.10 Å². The molecule has 2 rings (SSSR count). The van der Waals surface area contributed by atoms with Gasteiger partial charge in [0.25, 0.3) is 5.91 Å². The van der Waals surface area contributed by atoms with Crippen molar-refractivity contribution >= 4 is 28.9 Å². The number of nitrogens with one attached hydrogen (secondary N) is 1. The molecule has 0 radical (unpaired) electrons. The van der Waals surface area contributed by atoms with Crippen LogP contribution in [0.25, 0.3) is 0 Å². The van der Waals surface area contributed by atoms with Gasteiger partial charge in [-0.25, -0.2) is 4.79 Å². The molecule has 1 aromatic carbocycles. The fourth-order valence-electron chi connectivity index (χ4n) is 1.74. The van der Waals surface area contributed by atoms with Crippen molar-refractivity contribution in [2.45, 2.75) is 19.2 Å². The summed E-state index contributed by atoms with van der Waals surface area (Å²) in [5.74, 6) is -1.54. The molecule has 4 nitrogen and oxygen atoms in total. The van der Waals surface area contributed by atoms with Crippen molar-refractivity contribution in [1.29, 1.82) is 0 Å². The molecule has 23 heavy (non-hydrogen) atoms. The monoisotopic (exact) mass is 343 g/mol. The van der Waals surface area contributed by atoms with Gasteiger partial charge in [-0.3, -0.25) is 4.79 Å². The van der Waals surface area contributed by atoms with Gasteiger partial charge in [-0.05, 0) is 30.5 Å². The third-order valence-electron chi connectivity index (χ3n) is 2.87. The molecule has 0 bridgehead atoms. The highest BCUT2D eigenvalue weighted by Crippen LogP contribution is 2.34. The maximum atomic E-state index is 12.9.